The molecule has 2 N–H and O–H groups in total. The number of alkyl carbamates (subject to hydrolysis) is 1. The molecule has 3 rings (SSSR count). The van der Waals surface area contributed by atoms with Crippen molar-refractivity contribution in [3.63, 3.8) is 0 Å². The molecule has 8 heteroatoms. The van der Waals surface area contributed by atoms with E-state index in [9.17, 15) is 9.59 Å². The van der Waals surface area contributed by atoms with Crippen molar-refractivity contribution in [3.8, 4) is 0 Å². The van der Waals surface area contributed by atoms with Gasteiger partial charge in [-0.3, -0.25) is 4.79 Å². The highest BCUT2D eigenvalue weighted by Gasteiger charge is 2.32. The number of halogens is 1. The standard InChI is InChI=1S/C18H20ClN3O3S/c1-18(2,3)13-9-26-16(21-13)14(10-4-6-11(19)7-5-10)22-15(23)12-8-20-17(24)25-12/h4-7,9,12,14H,8H2,1-3H3,(H,20,24)(H,22,23)/t12-,14?/m0/s1. The van der Waals surface area contributed by atoms with Crippen LogP contribution in [0.25, 0.3) is 0 Å². The third-order valence-electron chi connectivity index (χ3n) is 4.00. The summed E-state index contributed by atoms with van der Waals surface area (Å²) in [6, 6.07) is 6.80. The van der Waals surface area contributed by atoms with Crippen LogP contribution in [0.2, 0.25) is 5.02 Å². The molecule has 0 spiro atoms. The van der Waals surface area contributed by atoms with E-state index >= 15 is 0 Å². The van der Waals surface area contributed by atoms with Gasteiger partial charge in [-0.05, 0) is 17.7 Å². The lowest BCUT2D eigenvalue weighted by molar-refractivity contribution is -0.128. The fraction of sp³-hybridized carbons (Fsp3) is 0.389. The van der Waals surface area contributed by atoms with Crippen molar-refractivity contribution in [3.05, 3.63) is 50.9 Å². The maximum atomic E-state index is 12.5. The lowest BCUT2D eigenvalue weighted by Gasteiger charge is -2.19. The summed E-state index contributed by atoms with van der Waals surface area (Å²) in [5.41, 5.74) is 1.73. The molecule has 6 nitrogen and oxygen atoms in total. The maximum Gasteiger partial charge on any atom is 0.408 e. The van der Waals surface area contributed by atoms with E-state index in [1.165, 1.54) is 11.3 Å². The monoisotopic (exact) mass is 393 g/mol. The van der Waals surface area contributed by atoms with Gasteiger partial charge in [-0.25, -0.2) is 9.78 Å². The number of thiazole rings is 1. The Hall–Kier alpha value is -2.12. The van der Waals surface area contributed by atoms with Crippen LogP contribution >= 0.6 is 22.9 Å². The van der Waals surface area contributed by atoms with Gasteiger partial charge in [0, 0.05) is 15.8 Å². The number of ether oxygens (including phenoxy) is 1. The number of hydrogen-bond donors (Lipinski definition) is 2. The minimum Gasteiger partial charge on any atom is -0.434 e. The van der Waals surface area contributed by atoms with E-state index in [2.05, 4.69) is 31.4 Å². The average Bonchev–Trinajstić information content (AvgIpc) is 3.22. The molecule has 1 aromatic carbocycles. The van der Waals surface area contributed by atoms with Gasteiger partial charge in [-0.2, -0.15) is 0 Å². The Bertz CT molecular complexity index is 814. The number of aromatic nitrogens is 1. The number of nitrogens with zero attached hydrogens (tertiary/aromatic N) is 1. The Labute approximate surface area is 160 Å². The highest BCUT2D eigenvalue weighted by atomic mass is 35.5. The van der Waals surface area contributed by atoms with Crippen LogP contribution < -0.4 is 10.6 Å². The first-order valence-corrected chi connectivity index (χ1v) is 9.46. The number of hydrogen-bond acceptors (Lipinski definition) is 5. The van der Waals surface area contributed by atoms with E-state index in [1.54, 1.807) is 12.1 Å². The van der Waals surface area contributed by atoms with Crippen molar-refractivity contribution in [2.45, 2.75) is 38.3 Å². The topological polar surface area (TPSA) is 80.3 Å². The molecule has 2 atom stereocenters. The lowest BCUT2D eigenvalue weighted by Crippen LogP contribution is -2.39. The summed E-state index contributed by atoms with van der Waals surface area (Å²) >= 11 is 7.47. The fourth-order valence-electron chi connectivity index (χ4n) is 2.48. The van der Waals surface area contributed by atoms with E-state index in [1.807, 2.05) is 17.5 Å². The highest BCUT2D eigenvalue weighted by molar-refractivity contribution is 7.09. The van der Waals surface area contributed by atoms with E-state index in [-0.39, 0.29) is 17.9 Å². The molecule has 1 fully saturated rings. The lowest BCUT2D eigenvalue weighted by atomic mass is 9.93. The van der Waals surface area contributed by atoms with Gasteiger partial charge in [0.1, 0.15) is 11.0 Å². The summed E-state index contributed by atoms with van der Waals surface area (Å²) < 4.78 is 4.97. The summed E-state index contributed by atoms with van der Waals surface area (Å²) in [4.78, 5) is 28.5. The highest BCUT2D eigenvalue weighted by Crippen LogP contribution is 2.30. The number of rotatable bonds is 4. The van der Waals surface area contributed by atoms with Crippen LogP contribution in [-0.2, 0) is 14.9 Å². The van der Waals surface area contributed by atoms with Gasteiger partial charge in [0.2, 0.25) is 0 Å². The molecule has 1 aliphatic rings. The minimum atomic E-state index is -0.848. The zero-order valence-corrected chi connectivity index (χ0v) is 16.3. The SMILES string of the molecule is CC(C)(C)c1csc(C(NC(=O)[C@@H]2CNC(=O)O2)c2ccc(Cl)cc2)n1. The van der Waals surface area contributed by atoms with Crippen LogP contribution in [-0.4, -0.2) is 29.6 Å². The molecule has 0 saturated carbocycles. The summed E-state index contributed by atoms with van der Waals surface area (Å²) in [5.74, 6) is -0.365. The van der Waals surface area contributed by atoms with Crippen LogP contribution in [0.15, 0.2) is 29.6 Å². The third-order valence-corrected chi connectivity index (χ3v) is 5.16. The van der Waals surface area contributed by atoms with Crippen molar-refractivity contribution in [1.29, 1.82) is 0 Å². The Balaban J connectivity index is 1.89. The molecule has 0 radical (unpaired) electrons. The number of nitrogens with one attached hydrogen (secondary N) is 2. The molecule has 0 bridgehead atoms. The third kappa shape index (κ3) is 4.16. The summed E-state index contributed by atoms with van der Waals surface area (Å²) in [6.45, 7) is 6.42. The second kappa shape index (κ2) is 7.25. The second-order valence-corrected chi connectivity index (χ2v) is 8.42. The molecular formula is C18H20ClN3O3S. The number of benzene rings is 1. The zero-order chi connectivity index (χ0) is 18.9. The minimum absolute atomic E-state index is 0.0891. The number of carbonyl (C=O) groups excluding carboxylic acids is 2. The predicted molar refractivity (Wildman–Crippen MR) is 101 cm³/mol. The summed E-state index contributed by atoms with van der Waals surface area (Å²) in [7, 11) is 0. The van der Waals surface area contributed by atoms with E-state index in [4.69, 9.17) is 21.3 Å². The van der Waals surface area contributed by atoms with Crippen LogP contribution in [0.1, 0.15) is 43.1 Å². The fourth-order valence-corrected chi connectivity index (χ4v) is 3.72. The van der Waals surface area contributed by atoms with Gasteiger partial charge in [-0.15, -0.1) is 11.3 Å². The summed E-state index contributed by atoms with van der Waals surface area (Å²) in [6.07, 6.45) is -1.43. The maximum absolute atomic E-state index is 12.5. The Morgan fingerprint density at radius 3 is 2.62 bits per heavy atom. The van der Waals surface area contributed by atoms with Crippen LogP contribution in [0.3, 0.4) is 0 Å². The summed E-state index contributed by atoms with van der Waals surface area (Å²) in [5, 5.41) is 8.81. The quantitative estimate of drug-likeness (QED) is 0.834. The smallest absolute Gasteiger partial charge is 0.408 e. The van der Waals surface area contributed by atoms with Gasteiger partial charge in [0.25, 0.3) is 5.91 Å². The first-order valence-electron chi connectivity index (χ1n) is 8.20. The van der Waals surface area contributed by atoms with Crippen LogP contribution in [0, 0.1) is 0 Å². The van der Waals surface area contributed by atoms with Gasteiger partial charge in [-0.1, -0.05) is 44.5 Å². The van der Waals surface area contributed by atoms with Gasteiger partial charge >= 0.3 is 6.09 Å². The second-order valence-electron chi connectivity index (χ2n) is 7.09. The molecule has 1 unspecified atom stereocenters. The average molecular weight is 394 g/mol. The Morgan fingerprint density at radius 2 is 2.08 bits per heavy atom. The van der Waals surface area contributed by atoms with Crippen LogP contribution in [0.4, 0.5) is 4.79 Å². The zero-order valence-electron chi connectivity index (χ0n) is 14.7. The first kappa shape index (κ1) is 18.7. The van der Waals surface area contributed by atoms with Gasteiger partial charge in [0.15, 0.2) is 6.10 Å². The molecule has 2 aromatic rings. The molecular weight excluding hydrogens is 374 g/mol. The normalized spacial score (nSPS) is 18.2. The number of carbonyl (C=O) groups is 2. The molecule has 0 aliphatic carbocycles. The number of amides is 2. The Morgan fingerprint density at radius 1 is 1.38 bits per heavy atom. The molecule has 1 saturated heterocycles. The van der Waals surface area contributed by atoms with Crippen LogP contribution in [0.5, 0.6) is 0 Å². The van der Waals surface area contributed by atoms with Crippen molar-refractivity contribution in [2.75, 3.05) is 6.54 Å². The van der Waals surface area contributed by atoms with E-state index in [0.717, 1.165) is 16.3 Å². The van der Waals surface area contributed by atoms with E-state index in [0.29, 0.717) is 5.02 Å². The molecule has 1 aliphatic heterocycles. The molecule has 2 heterocycles. The largest absolute Gasteiger partial charge is 0.434 e. The molecule has 26 heavy (non-hydrogen) atoms. The van der Waals surface area contributed by atoms with Gasteiger partial charge < -0.3 is 15.4 Å². The van der Waals surface area contributed by atoms with E-state index < -0.39 is 18.2 Å². The van der Waals surface area contributed by atoms with Crippen molar-refractivity contribution >= 4 is 34.9 Å². The van der Waals surface area contributed by atoms with Gasteiger partial charge in [0.05, 0.1) is 12.2 Å². The molecule has 138 valence electrons. The number of cyclic esters (lactones) is 1. The molecule has 2 amide bonds. The predicted octanol–water partition coefficient (Wildman–Crippen LogP) is 3.41. The first-order chi connectivity index (χ1) is 12.2. The van der Waals surface area contributed by atoms with Crippen molar-refractivity contribution in [2.24, 2.45) is 0 Å². The van der Waals surface area contributed by atoms with Crippen molar-refractivity contribution in [1.82, 2.24) is 15.6 Å². The van der Waals surface area contributed by atoms with Crippen molar-refractivity contribution < 1.29 is 14.3 Å². The molecule has 1 aromatic heterocycles. The Kier molecular flexibility index (Phi) is 5.20.